The Labute approximate surface area is 123 Å². The number of fused-ring (bicyclic) bond motifs is 1. The van der Waals surface area contributed by atoms with Gasteiger partial charge in [-0.3, -0.25) is 0 Å². The predicted molar refractivity (Wildman–Crippen MR) is 81.2 cm³/mol. The molecule has 0 amide bonds. The van der Waals surface area contributed by atoms with Crippen molar-refractivity contribution in [3.8, 4) is 0 Å². The second-order valence-corrected chi connectivity index (χ2v) is 6.23. The van der Waals surface area contributed by atoms with E-state index in [1.807, 2.05) is 19.1 Å². The van der Waals surface area contributed by atoms with E-state index in [1.165, 1.54) is 6.21 Å². The van der Waals surface area contributed by atoms with Crippen molar-refractivity contribution < 1.29 is 9.47 Å². The van der Waals surface area contributed by atoms with E-state index >= 15 is 0 Å². The van der Waals surface area contributed by atoms with Gasteiger partial charge in [0.15, 0.2) is 11.8 Å². The Morgan fingerprint density at radius 3 is 2.50 bits per heavy atom. The van der Waals surface area contributed by atoms with E-state index < -0.39 is 5.54 Å². The largest absolute Gasteiger partial charge is 0.623 e. The normalized spacial score (nSPS) is 12.9. The number of hydrogen-bond acceptors (Lipinski definition) is 2. The highest BCUT2D eigenvalue weighted by molar-refractivity contribution is 6.31. The van der Waals surface area contributed by atoms with E-state index in [0.29, 0.717) is 15.8 Å². The van der Waals surface area contributed by atoms with Crippen molar-refractivity contribution in [3.05, 3.63) is 51.0 Å². The first-order valence-electron chi connectivity index (χ1n) is 6.34. The predicted octanol–water partition coefficient (Wildman–Crippen LogP) is 3.16. The van der Waals surface area contributed by atoms with Crippen molar-refractivity contribution >= 4 is 28.7 Å². The second kappa shape index (κ2) is 4.94. The van der Waals surface area contributed by atoms with Gasteiger partial charge in [-0.1, -0.05) is 11.6 Å². The number of halogens is 1. The molecule has 106 valence electrons. The van der Waals surface area contributed by atoms with Crippen LogP contribution < -0.4 is 4.73 Å². The zero-order valence-corrected chi connectivity index (χ0v) is 12.7. The lowest BCUT2D eigenvalue weighted by Crippen LogP contribution is -2.32. The van der Waals surface area contributed by atoms with Crippen molar-refractivity contribution in [1.82, 2.24) is 0 Å². The van der Waals surface area contributed by atoms with Gasteiger partial charge in [0.1, 0.15) is 5.56 Å². The van der Waals surface area contributed by atoms with Gasteiger partial charge in [-0.2, -0.15) is 4.73 Å². The molecule has 0 aliphatic rings. The lowest BCUT2D eigenvalue weighted by atomic mass is 10.1. The first-order valence-corrected chi connectivity index (χ1v) is 6.72. The molecular formula is C15H17ClN2O2. The number of hydrogen-bond donors (Lipinski definition) is 0. The minimum Gasteiger partial charge on any atom is -0.623 e. The molecule has 1 aromatic heterocycles. The molecular weight excluding hydrogens is 276 g/mol. The zero-order chi connectivity index (χ0) is 15.1. The maximum atomic E-state index is 12.1. The first-order chi connectivity index (χ1) is 9.20. The highest BCUT2D eigenvalue weighted by atomic mass is 35.5. The Balaban J connectivity index is 2.69. The number of aromatic nitrogens is 1. The maximum Gasteiger partial charge on any atom is 0.300 e. The van der Waals surface area contributed by atoms with Gasteiger partial charge in [-0.05, 0) is 30.7 Å². The summed E-state index contributed by atoms with van der Waals surface area (Å²) < 4.78 is 1.45. The summed E-state index contributed by atoms with van der Waals surface area (Å²) in [5.41, 5.74) is 1.37. The Bertz CT molecular complexity index is 703. The van der Waals surface area contributed by atoms with Crippen LogP contribution in [-0.4, -0.2) is 16.5 Å². The van der Waals surface area contributed by atoms with Gasteiger partial charge in [0.05, 0.1) is 0 Å². The molecule has 5 heteroatoms. The number of aryl methyl sites for hydroxylation is 1. The van der Waals surface area contributed by atoms with Crippen LogP contribution in [0.3, 0.4) is 0 Å². The van der Waals surface area contributed by atoms with E-state index in [1.54, 1.807) is 32.9 Å². The van der Waals surface area contributed by atoms with Crippen molar-refractivity contribution in [2.75, 3.05) is 0 Å². The van der Waals surface area contributed by atoms with Gasteiger partial charge in [-0.25, -0.2) is 4.74 Å². The molecule has 1 aromatic carbocycles. The highest BCUT2D eigenvalue weighted by Gasteiger charge is 2.21. The van der Waals surface area contributed by atoms with E-state index in [-0.39, 0.29) is 5.15 Å². The van der Waals surface area contributed by atoms with Crippen LogP contribution in [0.2, 0.25) is 5.15 Å². The summed E-state index contributed by atoms with van der Waals surface area (Å²) in [7, 11) is 0. The van der Waals surface area contributed by atoms with Crippen molar-refractivity contribution in [2.45, 2.75) is 33.2 Å². The van der Waals surface area contributed by atoms with Gasteiger partial charge in [0.2, 0.25) is 5.52 Å². The van der Waals surface area contributed by atoms with Gasteiger partial charge < -0.3 is 10.4 Å². The van der Waals surface area contributed by atoms with Crippen molar-refractivity contribution in [1.29, 1.82) is 0 Å². The molecule has 0 fully saturated rings. The molecule has 0 radical (unpaired) electrons. The van der Waals surface area contributed by atoms with Gasteiger partial charge >= 0.3 is 0 Å². The van der Waals surface area contributed by atoms with E-state index in [9.17, 15) is 10.4 Å². The highest BCUT2D eigenvalue weighted by Crippen LogP contribution is 2.19. The van der Waals surface area contributed by atoms with Gasteiger partial charge in [-0.15, -0.1) is 0 Å². The quantitative estimate of drug-likeness (QED) is 0.266. The van der Waals surface area contributed by atoms with Crippen LogP contribution in [0.4, 0.5) is 0 Å². The molecule has 2 rings (SSSR count). The average Bonchev–Trinajstić information content (AvgIpc) is 2.34. The maximum absolute atomic E-state index is 12.1. The Morgan fingerprint density at radius 2 is 1.90 bits per heavy atom. The molecule has 0 aliphatic carbocycles. The number of hydroxylamine groups is 1. The van der Waals surface area contributed by atoms with Crippen LogP contribution in [-0.2, 0) is 0 Å². The van der Waals surface area contributed by atoms with Crippen LogP contribution in [0, 0.1) is 17.3 Å². The molecule has 0 saturated carbocycles. The third-order valence-corrected chi connectivity index (χ3v) is 3.42. The first kappa shape index (κ1) is 14.6. The number of benzene rings is 1. The lowest BCUT2D eigenvalue weighted by Gasteiger charge is -2.18. The SMILES string of the molecule is Cc1ccc2c(c1)cc(C=[N+]([O-])C(C)(C)C)c(Cl)[n+]2[O-]. The third-order valence-electron chi connectivity index (χ3n) is 3.05. The van der Waals surface area contributed by atoms with E-state index in [0.717, 1.165) is 15.7 Å². The topological polar surface area (TPSA) is 53.0 Å². The van der Waals surface area contributed by atoms with Crippen molar-refractivity contribution in [2.24, 2.45) is 0 Å². The van der Waals surface area contributed by atoms with Gasteiger partial charge in [0.25, 0.3) is 5.15 Å². The molecule has 0 atom stereocenters. The summed E-state index contributed by atoms with van der Waals surface area (Å²) in [6.07, 6.45) is 1.36. The summed E-state index contributed by atoms with van der Waals surface area (Å²) in [6, 6.07) is 7.23. The number of rotatable bonds is 1. The molecule has 0 spiro atoms. The fourth-order valence-electron chi connectivity index (χ4n) is 1.84. The molecule has 0 unspecified atom stereocenters. The minimum atomic E-state index is -0.585. The number of pyridine rings is 1. The van der Waals surface area contributed by atoms with E-state index in [2.05, 4.69) is 0 Å². The molecule has 0 saturated heterocycles. The summed E-state index contributed by atoms with van der Waals surface area (Å²) in [5, 5.41) is 24.9. The Kier molecular flexibility index (Phi) is 3.61. The fraction of sp³-hybridized carbons (Fsp3) is 0.333. The molecule has 0 aliphatic heterocycles. The summed E-state index contributed by atoms with van der Waals surface area (Å²) in [6.45, 7) is 7.32. The molecule has 2 aromatic rings. The zero-order valence-electron chi connectivity index (χ0n) is 12.0. The fourth-order valence-corrected chi connectivity index (χ4v) is 2.03. The monoisotopic (exact) mass is 292 g/mol. The lowest BCUT2D eigenvalue weighted by molar-refractivity contribution is -0.575. The van der Waals surface area contributed by atoms with E-state index in [4.69, 9.17) is 11.6 Å². The van der Waals surface area contributed by atoms with Crippen LogP contribution in [0.15, 0.2) is 24.3 Å². The van der Waals surface area contributed by atoms with Crippen LogP contribution >= 0.6 is 11.6 Å². The smallest absolute Gasteiger partial charge is 0.300 e. The Hall–Kier alpha value is -1.81. The Morgan fingerprint density at radius 1 is 1.25 bits per heavy atom. The summed E-state index contributed by atoms with van der Waals surface area (Å²) >= 11 is 6.06. The van der Waals surface area contributed by atoms with Crippen LogP contribution in [0.1, 0.15) is 31.9 Å². The molecule has 1 heterocycles. The molecule has 20 heavy (non-hydrogen) atoms. The molecule has 0 bridgehead atoms. The molecule has 0 N–H and O–H groups in total. The summed E-state index contributed by atoms with van der Waals surface area (Å²) in [5.74, 6) is 0. The van der Waals surface area contributed by atoms with Gasteiger partial charge in [0, 0.05) is 32.2 Å². The number of nitrogens with zero attached hydrogens (tertiary/aromatic N) is 2. The van der Waals surface area contributed by atoms with Crippen molar-refractivity contribution in [3.63, 3.8) is 0 Å². The second-order valence-electron chi connectivity index (χ2n) is 5.87. The standard InChI is InChI=1S/C15H17ClN2O2/c1-10-5-6-13-11(7-10)8-12(14(16)18(13)20)9-17(19)15(2,3)4/h5-9H,1-4H3. The van der Waals surface area contributed by atoms with Crippen LogP contribution in [0.5, 0.6) is 0 Å². The minimum absolute atomic E-state index is 0.00598. The summed E-state index contributed by atoms with van der Waals surface area (Å²) in [4.78, 5) is 0. The van der Waals surface area contributed by atoms with Crippen LogP contribution in [0.25, 0.3) is 10.9 Å². The third kappa shape index (κ3) is 2.70. The average molecular weight is 293 g/mol. The molecule has 4 nitrogen and oxygen atoms in total.